The second kappa shape index (κ2) is 5.91. The lowest BCUT2D eigenvalue weighted by atomic mass is 9.94. The Morgan fingerprint density at radius 1 is 1.40 bits per heavy atom. The minimum Gasteiger partial charge on any atom is -0.459 e. The van der Waals surface area contributed by atoms with Crippen LogP contribution in [0.2, 0.25) is 0 Å². The Morgan fingerprint density at radius 2 is 2.24 bits per heavy atom. The molecule has 0 spiro atoms. The normalized spacial score (nSPS) is 18.0. The van der Waals surface area contributed by atoms with Gasteiger partial charge < -0.3 is 9.32 Å². The highest BCUT2D eigenvalue weighted by atomic mass is 16.3. The third-order valence-corrected chi connectivity index (χ3v) is 4.98. The summed E-state index contributed by atoms with van der Waals surface area (Å²) < 4.78 is 6.72. The number of amides is 1. The van der Waals surface area contributed by atoms with Crippen molar-refractivity contribution in [3.63, 3.8) is 0 Å². The predicted molar refractivity (Wildman–Crippen MR) is 91.9 cm³/mol. The van der Waals surface area contributed by atoms with E-state index in [-0.39, 0.29) is 17.4 Å². The van der Waals surface area contributed by atoms with Crippen LogP contribution in [0.4, 0.5) is 0 Å². The minimum atomic E-state index is -0.0900. The lowest BCUT2D eigenvalue weighted by Crippen LogP contribution is -2.39. The number of hydrogen-bond donors (Lipinski definition) is 1. The van der Waals surface area contributed by atoms with Crippen molar-refractivity contribution in [3.8, 4) is 0 Å². The average molecular weight is 340 g/mol. The van der Waals surface area contributed by atoms with E-state index in [2.05, 4.69) is 10.1 Å². The lowest BCUT2D eigenvalue weighted by Gasteiger charge is -2.31. The fraction of sp³-hybridized carbons (Fsp3) is 0.389. The van der Waals surface area contributed by atoms with Gasteiger partial charge >= 0.3 is 0 Å². The van der Waals surface area contributed by atoms with Gasteiger partial charge in [0.25, 0.3) is 11.5 Å². The quantitative estimate of drug-likeness (QED) is 0.775. The number of piperidine rings is 1. The molecule has 3 aromatic heterocycles. The third-order valence-electron chi connectivity index (χ3n) is 4.98. The van der Waals surface area contributed by atoms with E-state index in [0.717, 1.165) is 24.2 Å². The highest BCUT2D eigenvalue weighted by Gasteiger charge is 2.28. The Kier molecular flexibility index (Phi) is 3.71. The van der Waals surface area contributed by atoms with E-state index < -0.39 is 0 Å². The standard InChI is InChI=1S/C18H20N4O3/c1-11-12(2)19-16-9-14(20-22(16)17(11)23)13-5-3-7-21(10-13)18(24)15-6-4-8-25-15/h4,6,8-9,13,20H,3,5,7,10H2,1-2H3. The molecule has 1 amide bonds. The number of carbonyl (C=O) groups excluding carboxylic acids is 1. The third kappa shape index (κ3) is 2.65. The fourth-order valence-corrected chi connectivity index (χ4v) is 3.42. The number of furan rings is 1. The van der Waals surface area contributed by atoms with E-state index in [4.69, 9.17) is 4.42 Å². The minimum absolute atomic E-state index is 0.0759. The Balaban J connectivity index is 1.63. The number of fused-ring (bicyclic) bond motifs is 1. The molecule has 1 saturated heterocycles. The smallest absolute Gasteiger partial charge is 0.289 e. The Hall–Kier alpha value is -2.83. The van der Waals surface area contributed by atoms with Crippen molar-refractivity contribution >= 4 is 11.6 Å². The maximum atomic E-state index is 12.5. The molecule has 0 bridgehead atoms. The number of hydrogen-bond acceptors (Lipinski definition) is 4. The highest BCUT2D eigenvalue weighted by molar-refractivity contribution is 5.91. The van der Waals surface area contributed by atoms with Crippen molar-refractivity contribution < 1.29 is 9.21 Å². The van der Waals surface area contributed by atoms with Crippen molar-refractivity contribution in [1.82, 2.24) is 19.5 Å². The molecule has 130 valence electrons. The van der Waals surface area contributed by atoms with Gasteiger partial charge in [-0.1, -0.05) is 0 Å². The lowest BCUT2D eigenvalue weighted by molar-refractivity contribution is 0.0673. The number of carbonyl (C=O) groups is 1. The molecule has 1 N–H and O–H groups in total. The Labute approximate surface area is 144 Å². The van der Waals surface area contributed by atoms with Crippen LogP contribution in [0.1, 0.15) is 46.3 Å². The molecule has 3 aromatic rings. The predicted octanol–water partition coefficient (Wildman–Crippen LogP) is 2.25. The van der Waals surface area contributed by atoms with Gasteiger partial charge in [0.1, 0.15) is 0 Å². The molecule has 25 heavy (non-hydrogen) atoms. The van der Waals surface area contributed by atoms with Crippen LogP contribution in [0.5, 0.6) is 0 Å². The molecule has 4 heterocycles. The summed E-state index contributed by atoms with van der Waals surface area (Å²) >= 11 is 0. The summed E-state index contributed by atoms with van der Waals surface area (Å²) in [5.41, 5.74) is 2.87. The topological polar surface area (TPSA) is 83.6 Å². The summed E-state index contributed by atoms with van der Waals surface area (Å²) in [6.07, 6.45) is 3.38. The maximum absolute atomic E-state index is 12.5. The van der Waals surface area contributed by atoms with Gasteiger partial charge in [0.15, 0.2) is 11.4 Å². The monoisotopic (exact) mass is 340 g/mol. The molecule has 1 unspecified atom stereocenters. The molecule has 7 heteroatoms. The van der Waals surface area contributed by atoms with E-state index in [1.165, 1.54) is 10.8 Å². The first kappa shape index (κ1) is 15.7. The fourth-order valence-electron chi connectivity index (χ4n) is 3.42. The van der Waals surface area contributed by atoms with Gasteiger partial charge in [-0.2, -0.15) is 0 Å². The van der Waals surface area contributed by atoms with E-state index >= 15 is 0 Å². The Morgan fingerprint density at radius 3 is 3.00 bits per heavy atom. The zero-order valence-corrected chi connectivity index (χ0v) is 14.3. The zero-order valence-electron chi connectivity index (χ0n) is 14.3. The molecule has 0 aromatic carbocycles. The SMILES string of the molecule is Cc1nc2cc(C3CCCN(C(=O)c4ccco4)C3)[nH]n2c(=O)c1C. The molecule has 1 aliphatic rings. The van der Waals surface area contributed by atoms with E-state index in [9.17, 15) is 9.59 Å². The molecule has 0 aliphatic carbocycles. The second-order valence-electron chi connectivity index (χ2n) is 6.60. The highest BCUT2D eigenvalue weighted by Crippen LogP contribution is 2.27. The number of H-pyrrole nitrogens is 1. The van der Waals surface area contributed by atoms with Gasteiger partial charge in [0.2, 0.25) is 0 Å². The number of aryl methyl sites for hydroxylation is 1. The Bertz CT molecular complexity index is 984. The van der Waals surface area contributed by atoms with E-state index in [1.807, 2.05) is 17.9 Å². The largest absolute Gasteiger partial charge is 0.459 e. The number of nitrogens with zero attached hydrogens (tertiary/aromatic N) is 3. The van der Waals surface area contributed by atoms with Crippen LogP contribution in [0.3, 0.4) is 0 Å². The summed E-state index contributed by atoms with van der Waals surface area (Å²) in [7, 11) is 0. The van der Waals surface area contributed by atoms with Gasteiger partial charge in [0.05, 0.1) is 6.26 Å². The van der Waals surface area contributed by atoms with Crippen molar-refractivity contribution in [2.45, 2.75) is 32.6 Å². The molecule has 4 rings (SSSR count). The van der Waals surface area contributed by atoms with Crippen molar-refractivity contribution in [3.05, 3.63) is 57.5 Å². The first-order valence-corrected chi connectivity index (χ1v) is 8.46. The van der Waals surface area contributed by atoms with Crippen LogP contribution in [0, 0.1) is 13.8 Å². The van der Waals surface area contributed by atoms with Gasteiger partial charge in [-0.15, -0.1) is 0 Å². The number of rotatable bonds is 2. The van der Waals surface area contributed by atoms with Crippen molar-refractivity contribution in [2.24, 2.45) is 0 Å². The first-order valence-electron chi connectivity index (χ1n) is 8.46. The molecule has 0 saturated carbocycles. The van der Waals surface area contributed by atoms with Crippen LogP contribution in [0.15, 0.2) is 33.7 Å². The summed E-state index contributed by atoms with van der Waals surface area (Å²) in [6.45, 7) is 4.93. The van der Waals surface area contributed by atoms with E-state index in [1.54, 1.807) is 19.1 Å². The van der Waals surface area contributed by atoms with Crippen LogP contribution in [-0.4, -0.2) is 38.5 Å². The van der Waals surface area contributed by atoms with E-state index in [0.29, 0.717) is 30.1 Å². The summed E-state index contributed by atoms with van der Waals surface area (Å²) in [5, 5.41) is 3.18. The summed E-state index contributed by atoms with van der Waals surface area (Å²) in [4.78, 5) is 31.2. The second-order valence-corrected chi connectivity index (χ2v) is 6.60. The number of aromatic amines is 1. The molecule has 0 radical (unpaired) electrons. The van der Waals surface area contributed by atoms with Gasteiger partial charge in [-0.25, -0.2) is 9.50 Å². The summed E-state index contributed by atoms with van der Waals surface area (Å²) in [6, 6.07) is 5.32. The number of likely N-dealkylation sites (tertiary alicyclic amines) is 1. The van der Waals surface area contributed by atoms with Gasteiger partial charge in [-0.3, -0.25) is 14.7 Å². The molecule has 7 nitrogen and oxygen atoms in total. The van der Waals surface area contributed by atoms with Gasteiger partial charge in [0, 0.05) is 42.0 Å². The molecule has 1 aliphatic heterocycles. The maximum Gasteiger partial charge on any atom is 0.289 e. The number of nitrogens with one attached hydrogen (secondary N) is 1. The van der Waals surface area contributed by atoms with Crippen LogP contribution >= 0.6 is 0 Å². The molecule has 1 atom stereocenters. The molecular formula is C18H20N4O3. The van der Waals surface area contributed by atoms with Gasteiger partial charge in [-0.05, 0) is 38.8 Å². The van der Waals surface area contributed by atoms with Crippen LogP contribution in [-0.2, 0) is 0 Å². The van der Waals surface area contributed by atoms with Crippen LogP contribution in [0.25, 0.3) is 5.65 Å². The van der Waals surface area contributed by atoms with Crippen molar-refractivity contribution in [2.75, 3.05) is 13.1 Å². The van der Waals surface area contributed by atoms with Crippen molar-refractivity contribution in [1.29, 1.82) is 0 Å². The molecular weight excluding hydrogens is 320 g/mol. The number of aromatic nitrogens is 3. The zero-order chi connectivity index (χ0) is 17.6. The summed E-state index contributed by atoms with van der Waals surface area (Å²) in [5.74, 6) is 0.420. The van der Waals surface area contributed by atoms with Crippen LogP contribution < -0.4 is 5.56 Å². The molecule has 1 fully saturated rings. The average Bonchev–Trinajstić information content (AvgIpc) is 3.29. The first-order chi connectivity index (χ1) is 12.0.